The van der Waals surface area contributed by atoms with Gasteiger partial charge in [0.2, 0.25) is 10.0 Å². The molecule has 0 unspecified atom stereocenters. The van der Waals surface area contributed by atoms with E-state index in [1.54, 1.807) is 13.0 Å². The molecule has 0 bridgehead atoms. The minimum Gasteiger partial charge on any atom is -0.382 e. The van der Waals surface area contributed by atoms with E-state index < -0.39 is 10.0 Å². The van der Waals surface area contributed by atoms with Crippen molar-refractivity contribution in [1.82, 2.24) is 0 Å². The van der Waals surface area contributed by atoms with E-state index in [0.717, 1.165) is 18.5 Å². The summed E-state index contributed by atoms with van der Waals surface area (Å²) >= 11 is 0. The van der Waals surface area contributed by atoms with Gasteiger partial charge in [-0.3, -0.25) is 0 Å². The zero-order valence-electron chi connectivity index (χ0n) is 8.53. The van der Waals surface area contributed by atoms with Crippen LogP contribution >= 0.6 is 0 Å². The van der Waals surface area contributed by atoms with Crippen molar-refractivity contribution in [2.24, 2.45) is 5.14 Å². The molecule has 0 aliphatic heterocycles. The highest BCUT2D eigenvalue weighted by Gasteiger charge is 2.22. The maximum atomic E-state index is 11.3. The average molecular weight is 226 g/mol. The molecular formula is C10H14N2O2S. The Labute approximate surface area is 89.5 Å². The summed E-state index contributed by atoms with van der Waals surface area (Å²) in [7, 11) is -3.61. The monoisotopic (exact) mass is 226 g/mol. The summed E-state index contributed by atoms with van der Waals surface area (Å²) < 4.78 is 22.5. The summed E-state index contributed by atoms with van der Waals surface area (Å²) in [5.41, 5.74) is 1.57. The molecule has 0 atom stereocenters. The molecule has 1 aromatic rings. The summed E-state index contributed by atoms with van der Waals surface area (Å²) in [6.45, 7) is 1.77. The molecule has 82 valence electrons. The molecule has 1 aromatic carbocycles. The lowest BCUT2D eigenvalue weighted by atomic mass is 10.2. The van der Waals surface area contributed by atoms with Gasteiger partial charge in [-0.2, -0.15) is 0 Å². The van der Waals surface area contributed by atoms with Gasteiger partial charge < -0.3 is 5.32 Å². The minimum absolute atomic E-state index is 0.202. The van der Waals surface area contributed by atoms with Crippen LogP contribution in [0.1, 0.15) is 18.4 Å². The molecular weight excluding hydrogens is 212 g/mol. The standard InChI is InChI=1S/C10H14N2O2S/c1-7-9(12-8-5-6-8)3-2-4-10(7)15(11,13)14/h2-4,8,12H,5-6H2,1H3,(H2,11,13,14). The van der Waals surface area contributed by atoms with Crippen molar-refractivity contribution < 1.29 is 8.42 Å². The Hall–Kier alpha value is -1.07. The number of hydrogen-bond donors (Lipinski definition) is 2. The number of primary sulfonamides is 1. The number of hydrogen-bond acceptors (Lipinski definition) is 3. The van der Waals surface area contributed by atoms with Gasteiger partial charge >= 0.3 is 0 Å². The summed E-state index contributed by atoms with van der Waals surface area (Å²) in [5.74, 6) is 0. The predicted molar refractivity (Wildman–Crippen MR) is 59.2 cm³/mol. The van der Waals surface area contributed by atoms with E-state index in [-0.39, 0.29) is 4.90 Å². The largest absolute Gasteiger partial charge is 0.382 e. The van der Waals surface area contributed by atoms with Crippen LogP contribution in [0.25, 0.3) is 0 Å². The van der Waals surface area contributed by atoms with Crippen molar-refractivity contribution in [3.8, 4) is 0 Å². The quantitative estimate of drug-likeness (QED) is 0.814. The van der Waals surface area contributed by atoms with Gasteiger partial charge in [-0.05, 0) is 37.5 Å². The summed E-state index contributed by atoms with van der Waals surface area (Å²) in [6.07, 6.45) is 2.30. The molecule has 4 nitrogen and oxygen atoms in total. The fourth-order valence-electron chi connectivity index (χ4n) is 1.53. The molecule has 1 saturated carbocycles. The lowest BCUT2D eigenvalue weighted by molar-refractivity contribution is 0.597. The average Bonchev–Trinajstić information content (AvgIpc) is 2.90. The normalized spacial score (nSPS) is 16.4. The Balaban J connectivity index is 2.40. The number of nitrogens with two attached hydrogens (primary N) is 1. The van der Waals surface area contributed by atoms with Crippen LogP contribution in [0.5, 0.6) is 0 Å². The zero-order valence-corrected chi connectivity index (χ0v) is 9.34. The Morgan fingerprint density at radius 3 is 2.60 bits per heavy atom. The topological polar surface area (TPSA) is 72.2 Å². The molecule has 5 heteroatoms. The Bertz CT molecular complexity index is 478. The molecule has 1 fully saturated rings. The Morgan fingerprint density at radius 2 is 2.07 bits per heavy atom. The van der Waals surface area contributed by atoms with Crippen LogP contribution in [0.3, 0.4) is 0 Å². The van der Waals surface area contributed by atoms with Crippen LogP contribution < -0.4 is 10.5 Å². The molecule has 3 N–H and O–H groups in total. The first-order valence-electron chi connectivity index (χ1n) is 4.87. The maximum absolute atomic E-state index is 11.3. The van der Waals surface area contributed by atoms with E-state index in [9.17, 15) is 8.42 Å². The van der Waals surface area contributed by atoms with Crippen molar-refractivity contribution in [3.05, 3.63) is 23.8 Å². The minimum atomic E-state index is -3.61. The van der Waals surface area contributed by atoms with E-state index in [0.29, 0.717) is 11.6 Å². The molecule has 15 heavy (non-hydrogen) atoms. The van der Waals surface area contributed by atoms with Crippen LogP contribution in [0.15, 0.2) is 23.1 Å². The number of sulfonamides is 1. The molecule has 0 radical (unpaired) electrons. The van der Waals surface area contributed by atoms with Gasteiger partial charge in [-0.15, -0.1) is 0 Å². The Morgan fingerprint density at radius 1 is 1.40 bits per heavy atom. The van der Waals surface area contributed by atoms with Gasteiger partial charge in [0, 0.05) is 11.7 Å². The fourth-order valence-corrected chi connectivity index (χ4v) is 2.33. The summed E-state index contributed by atoms with van der Waals surface area (Å²) in [5, 5.41) is 8.39. The van der Waals surface area contributed by atoms with Crippen LogP contribution in [0.2, 0.25) is 0 Å². The number of nitrogens with one attached hydrogen (secondary N) is 1. The molecule has 0 heterocycles. The molecule has 1 aliphatic rings. The summed E-state index contributed by atoms with van der Waals surface area (Å²) in [4.78, 5) is 0.202. The van der Waals surface area contributed by atoms with Gasteiger partial charge in [-0.25, -0.2) is 13.6 Å². The van der Waals surface area contributed by atoms with Crippen LogP contribution in [-0.2, 0) is 10.0 Å². The number of benzene rings is 1. The molecule has 0 aromatic heterocycles. The van der Waals surface area contributed by atoms with Crippen LogP contribution in [0.4, 0.5) is 5.69 Å². The number of rotatable bonds is 3. The molecule has 0 saturated heterocycles. The molecule has 0 amide bonds. The lowest BCUT2D eigenvalue weighted by Gasteiger charge is -2.11. The smallest absolute Gasteiger partial charge is 0.238 e. The van der Waals surface area contributed by atoms with Gasteiger partial charge in [0.15, 0.2) is 0 Å². The highest BCUT2D eigenvalue weighted by molar-refractivity contribution is 7.89. The molecule has 1 aliphatic carbocycles. The highest BCUT2D eigenvalue weighted by Crippen LogP contribution is 2.28. The second-order valence-corrected chi connectivity index (χ2v) is 5.42. The summed E-state index contributed by atoms with van der Waals surface area (Å²) in [6, 6.07) is 5.61. The second kappa shape index (κ2) is 3.50. The zero-order chi connectivity index (χ0) is 11.1. The van der Waals surface area contributed by atoms with Gasteiger partial charge in [-0.1, -0.05) is 6.07 Å². The third-order valence-electron chi connectivity index (χ3n) is 2.53. The van der Waals surface area contributed by atoms with Crippen molar-refractivity contribution in [2.45, 2.75) is 30.7 Å². The highest BCUT2D eigenvalue weighted by atomic mass is 32.2. The van der Waals surface area contributed by atoms with Gasteiger partial charge in [0.05, 0.1) is 4.90 Å². The SMILES string of the molecule is Cc1c(NC2CC2)cccc1S(N)(=O)=O. The molecule has 2 rings (SSSR count). The predicted octanol–water partition coefficient (Wildman–Crippen LogP) is 1.22. The van der Waals surface area contributed by atoms with Crippen molar-refractivity contribution in [1.29, 1.82) is 0 Å². The van der Waals surface area contributed by atoms with Gasteiger partial charge in [0.25, 0.3) is 0 Å². The van der Waals surface area contributed by atoms with E-state index in [2.05, 4.69) is 5.32 Å². The van der Waals surface area contributed by atoms with E-state index in [1.807, 2.05) is 6.07 Å². The first kappa shape index (κ1) is 10.4. The van der Waals surface area contributed by atoms with Crippen LogP contribution in [-0.4, -0.2) is 14.5 Å². The van der Waals surface area contributed by atoms with Crippen molar-refractivity contribution in [3.63, 3.8) is 0 Å². The first-order valence-corrected chi connectivity index (χ1v) is 6.42. The molecule has 0 spiro atoms. The van der Waals surface area contributed by atoms with Crippen molar-refractivity contribution in [2.75, 3.05) is 5.32 Å². The lowest BCUT2D eigenvalue weighted by Crippen LogP contribution is -2.15. The van der Waals surface area contributed by atoms with E-state index in [4.69, 9.17) is 5.14 Å². The first-order chi connectivity index (χ1) is 6.98. The van der Waals surface area contributed by atoms with Crippen LogP contribution in [0, 0.1) is 6.92 Å². The maximum Gasteiger partial charge on any atom is 0.238 e. The van der Waals surface area contributed by atoms with E-state index >= 15 is 0 Å². The second-order valence-electron chi connectivity index (χ2n) is 3.89. The third-order valence-corrected chi connectivity index (χ3v) is 3.58. The third kappa shape index (κ3) is 2.30. The fraction of sp³-hybridized carbons (Fsp3) is 0.400. The van der Waals surface area contributed by atoms with Gasteiger partial charge in [0.1, 0.15) is 0 Å². The van der Waals surface area contributed by atoms with Crippen molar-refractivity contribution >= 4 is 15.7 Å². The Kier molecular flexibility index (Phi) is 2.44. The van der Waals surface area contributed by atoms with E-state index in [1.165, 1.54) is 6.07 Å². The number of anilines is 1.